The number of nitrogens with one attached hydrogen (secondary N) is 1. The van der Waals surface area contributed by atoms with E-state index in [0.717, 1.165) is 13.1 Å². The Morgan fingerprint density at radius 1 is 1.13 bits per heavy atom. The van der Waals surface area contributed by atoms with Crippen LogP contribution >= 0.6 is 0 Å². The highest BCUT2D eigenvalue weighted by Gasteiger charge is 2.35. The second kappa shape index (κ2) is 5.67. The van der Waals surface area contributed by atoms with Crippen LogP contribution in [0.1, 0.15) is 0 Å². The molecule has 0 aromatic rings. The predicted molar refractivity (Wildman–Crippen MR) is 52.3 cm³/mol. The third kappa shape index (κ3) is 2.90. The number of esters is 2. The maximum atomic E-state index is 11.4. The molecule has 0 saturated carbocycles. The first-order valence-electron chi connectivity index (χ1n) is 4.81. The lowest BCUT2D eigenvalue weighted by Crippen LogP contribution is -2.55. The van der Waals surface area contributed by atoms with Crippen molar-refractivity contribution >= 4 is 11.9 Å². The summed E-state index contributed by atoms with van der Waals surface area (Å²) in [6.45, 7) is 2.78. The van der Waals surface area contributed by atoms with Crippen molar-refractivity contribution < 1.29 is 19.1 Å². The molecular formula is C9H16N2O4. The summed E-state index contributed by atoms with van der Waals surface area (Å²) in [6, 6.07) is -0.929. The number of carbonyl (C=O) groups is 2. The van der Waals surface area contributed by atoms with E-state index in [2.05, 4.69) is 14.8 Å². The highest BCUT2D eigenvalue weighted by molar-refractivity contribution is 5.99. The van der Waals surface area contributed by atoms with Gasteiger partial charge in [0.15, 0.2) is 0 Å². The van der Waals surface area contributed by atoms with Crippen LogP contribution in [-0.4, -0.2) is 63.3 Å². The number of nitrogens with zero attached hydrogens (tertiary/aromatic N) is 1. The van der Waals surface area contributed by atoms with Crippen LogP contribution in [0.15, 0.2) is 0 Å². The summed E-state index contributed by atoms with van der Waals surface area (Å²) in [5.74, 6) is -1.13. The summed E-state index contributed by atoms with van der Waals surface area (Å²) < 4.78 is 9.17. The van der Waals surface area contributed by atoms with E-state index in [0.29, 0.717) is 13.1 Å². The first-order valence-corrected chi connectivity index (χ1v) is 4.81. The molecule has 0 spiro atoms. The summed E-state index contributed by atoms with van der Waals surface area (Å²) in [6.07, 6.45) is 0. The molecule has 6 nitrogen and oxygen atoms in total. The Balaban J connectivity index is 2.69. The smallest absolute Gasteiger partial charge is 0.334 e. The number of carbonyl (C=O) groups excluding carboxylic acids is 2. The van der Waals surface area contributed by atoms with Gasteiger partial charge in [-0.1, -0.05) is 0 Å². The molecule has 6 heteroatoms. The van der Waals surface area contributed by atoms with Gasteiger partial charge in [0, 0.05) is 26.2 Å². The Labute approximate surface area is 88.5 Å². The fraction of sp³-hybridized carbons (Fsp3) is 0.778. The standard InChI is InChI=1S/C9H16N2O4/c1-14-8(12)7(9(13)15-2)11-5-3-10-4-6-11/h7,10H,3-6H2,1-2H3. The molecule has 0 amide bonds. The molecule has 0 aliphatic carbocycles. The van der Waals surface area contributed by atoms with Gasteiger partial charge < -0.3 is 14.8 Å². The SMILES string of the molecule is COC(=O)C(C(=O)OC)N1CCNCC1. The average molecular weight is 216 g/mol. The molecule has 1 N–H and O–H groups in total. The van der Waals surface area contributed by atoms with Gasteiger partial charge >= 0.3 is 11.9 Å². The van der Waals surface area contributed by atoms with E-state index in [1.54, 1.807) is 4.90 Å². The highest BCUT2D eigenvalue weighted by Crippen LogP contribution is 2.05. The van der Waals surface area contributed by atoms with Gasteiger partial charge in [-0.3, -0.25) is 4.90 Å². The fourth-order valence-electron chi connectivity index (χ4n) is 1.56. The van der Waals surface area contributed by atoms with Crippen LogP contribution in [-0.2, 0) is 19.1 Å². The third-order valence-corrected chi connectivity index (χ3v) is 2.37. The Hall–Kier alpha value is -1.14. The Bertz CT molecular complexity index is 222. The second-order valence-electron chi connectivity index (χ2n) is 3.23. The van der Waals surface area contributed by atoms with Crippen molar-refractivity contribution in [1.29, 1.82) is 0 Å². The largest absolute Gasteiger partial charge is 0.467 e. The summed E-state index contributed by atoms with van der Waals surface area (Å²) in [4.78, 5) is 24.6. The molecule has 1 fully saturated rings. The zero-order valence-corrected chi connectivity index (χ0v) is 8.99. The molecule has 0 aromatic carbocycles. The first-order chi connectivity index (χ1) is 7.20. The van der Waals surface area contributed by atoms with Crippen LogP contribution < -0.4 is 5.32 Å². The quantitative estimate of drug-likeness (QED) is 0.462. The maximum absolute atomic E-state index is 11.4. The van der Waals surface area contributed by atoms with E-state index in [9.17, 15) is 9.59 Å². The number of hydrogen-bond donors (Lipinski definition) is 1. The fourth-order valence-corrected chi connectivity index (χ4v) is 1.56. The van der Waals surface area contributed by atoms with Crippen LogP contribution in [0.2, 0.25) is 0 Å². The van der Waals surface area contributed by atoms with Crippen LogP contribution in [0.3, 0.4) is 0 Å². The Morgan fingerprint density at radius 2 is 1.60 bits per heavy atom. The van der Waals surface area contributed by atoms with Crippen molar-refractivity contribution in [3.8, 4) is 0 Å². The molecule has 1 saturated heterocycles. The second-order valence-corrected chi connectivity index (χ2v) is 3.23. The number of rotatable bonds is 3. The van der Waals surface area contributed by atoms with Gasteiger partial charge in [0.25, 0.3) is 0 Å². The van der Waals surface area contributed by atoms with E-state index < -0.39 is 18.0 Å². The van der Waals surface area contributed by atoms with Crippen LogP contribution in [0, 0.1) is 0 Å². The molecule has 0 aromatic heterocycles. The predicted octanol–water partition coefficient (Wildman–Crippen LogP) is -1.39. The normalized spacial score (nSPS) is 17.5. The minimum Gasteiger partial charge on any atom is -0.467 e. The number of ether oxygens (including phenoxy) is 2. The first kappa shape index (κ1) is 11.9. The van der Waals surface area contributed by atoms with Gasteiger partial charge in [0.05, 0.1) is 14.2 Å². The van der Waals surface area contributed by atoms with Gasteiger partial charge in [-0.05, 0) is 0 Å². The van der Waals surface area contributed by atoms with E-state index in [1.807, 2.05) is 0 Å². The molecule has 0 radical (unpaired) electrons. The monoisotopic (exact) mass is 216 g/mol. The van der Waals surface area contributed by atoms with Crippen LogP contribution in [0.5, 0.6) is 0 Å². The molecular weight excluding hydrogens is 200 g/mol. The molecule has 15 heavy (non-hydrogen) atoms. The van der Waals surface area contributed by atoms with Crippen molar-refractivity contribution in [2.24, 2.45) is 0 Å². The molecule has 1 aliphatic heterocycles. The highest BCUT2D eigenvalue weighted by atomic mass is 16.5. The topological polar surface area (TPSA) is 67.9 Å². The van der Waals surface area contributed by atoms with Gasteiger partial charge in [0.1, 0.15) is 0 Å². The Morgan fingerprint density at radius 3 is 2.00 bits per heavy atom. The van der Waals surface area contributed by atoms with Gasteiger partial charge in [0.2, 0.25) is 6.04 Å². The summed E-state index contributed by atoms with van der Waals surface area (Å²) in [5.41, 5.74) is 0. The van der Waals surface area contributed by atoms with Gasteiger partial charge in [-0.15, -0.1) is 0 Å². The Kier molecular flexibility index (Phi) is 4.51. The lowest BCUT2D eigenvalue weighted by molar-refractivity contribution is -0.161. The maximum Gasteiger partial charge on any atom is 0.334 e. The van der Waals surface area contributed by atoms with Gasteiger partial charge in [-0.2, -0.15) is 0 Å². The molecule has 1 heterocycles. The molecule has 86 valence electrons. The lowest BCUT2D eigenvalue weighted by Gasteiger charge is -2.31. The zero-order chi connectivity index (χ0) is 11.3. The molecule has 1 rings (SSSR count). The summed E-state index contributed by atoms with van der Waals surface area (Å²) in [5, 5.41) is 3.14. The number of methoxy groups -OCH3 is 2. The van der Waals surface area contributed by atoms with Crippen molar-refractivity contribution in [3.63, 3.8) is 0 Å². The average Bonchev–Trinajstić information content (AvgIpc) is 2.30. The molecule has 1 aliphatic rings. The van der Waals surface area contributed by atoms with E-state index in [-0.39, 0.29) is 0 Å². The minimum absolute atomic E-state index is 0.566. The zero-order valence-electron chi connectivity index (χ0n) is 8.99. The van der Waals surface area contributed by atoms with Crippen LogP contribution in [0.4, 0.5) is 0 Å². The summed E-state index contributed by atoms with van der Waals surface area (Å²) >= 11 is 0. The van der Waals surface area contributed by atoms with E-state index >= 15 is 0 Å². The minimum atomic E-state index is -0.929. The van der Waals surface area contributed by atoms with Crippen molar-refractivity contribution in [1.82, 2.24) is 10.2 Å². The lowest BCUT2D eigenvalue weighted by atomic mass is 10.2. The van der Waals surface area contributed by atoms with Gasteiger partial charge in [-0.25, -0.2) is 9.59 Å². The molecule has 0 atom stereocenters. The summed E-state index contributed by atoms with van der Waals surface area (Å²) in [7, 11) is 2.53. The molecule has 0 unspecified atom stereocenters. The molecule has 0 bridgehead atoms. The van der Waals surface area contributed by atoms with Crippen molar-refractivity contribution in [2.75, 3.05) is 40.4 Å². The van der Waals surface area contributed by atoms with E-state index in [4.69, 9.17) is 0 Å². The van der Waals surface area contributed by atoms with E-state index in [1.165, 1.54) is 14.2 Å². The van der Waals surface area contributed by atoms with Crippen molar-refractivity contribution in [3.05, 3.63) is 0 Å². The van der Waals surface area contributed by atoms with Crippen LogP contribution in [0.25, 0.3) is 0 Å². The number of hydrogen-bond acceptors (Lipinski definition) is 6. The third-order valence-electron chi connectivity index (χ3n) is 2.37. The number of piperazine rings is 1. The van der Waals surface area contributed by atoms with Crippen molar-refractivity contribution in [2.45, 2.75) is 6.04 Å².